The quantitative estimate of drug-likeness (QED) is 0.732. The maximum Gasteiger partial charge on any atom is 0.274 e. The fourth-order valence-electron chi connectivity index (χ4n) is 4.11. The summed E-state index contributed by atoms with van der Waals surface area (Å²) in [6.07, 6.45) is 5.50. The molecule has 9 heteroatoms. The zero-order valence-corrected chi connectivity index (χ0v) is 17.0. The molecular weight excluding hydrogens is 408 g/mol. The van der Waals surface area contributed by atoms with Crippen LogP contribution in [0.15, 0.2) is 35.3 Å². The Morgan fingerprint density at radius 3 is 2.58 bits per heavy atom. The monoisotopic (exact) mass is 429 g/mol. The number of carbonyl (C=O) groups is 2. The molecule has 0 saturated heterocycles. The van der Waals surface area contributed by atoms with Crippen LogP contribution in [0.1, 0.15) is 45.3 Å². The number of pyridine rings is 1. The molecule has 0 radical (unpaired) electrons. The van der Waals surface area contributed by atoms with E-state index in [9.17, 15) is 28.3 Å². The predicted molar refractivity (Wildman–Crippen MR) is 108 cm³/mol. The number of aromatic nitrogens is 1. The highest BCUT2D eigenvalue weighted by molar-refractivity contribution is 5.99. The second-order valence-electron chi connectivity index (χ2n) is 8.19. The van der Waals surface area contributed by atoms with Crippen LogP contribution >= 0.6 is 0 Å². The Balaban J connectivity index is 1.72. The van der Waals surface area contributed by atoms with Crippen LogP contribution in [0, 0.1) is 18.6 Å². The van der Waals surface area contributed by atoms with Gasteiger partial charge in [0, 0.05) is 31.4 Å². The maximum absolute atomic E-state index is 14.1. The Bertz CT molecular complexity index is 1180. The fourth-order valence-corrected chi connectivity index (χ4v) is 4.11. The number of hydrogen-bond acceptors (Lipinski definition) is 4. The third kappa shape index (κ3) is 3.39. The first-order chi connectivity index (χ1) is 14.6. The molecule has 0 unspecified atom stereocenters. The lowest BCUT2D eigenvalue weighted by Crippen LogP contribution is -2.52. The molecule has 2 amide bonds. The van der Waals surface area contributed by atoms with E-state index in [2.05, 4.69) is 5.32 Å². The molecular formula is C22H21F2N3O4. The minimum absolute atomic E-state index is 0.172. The van der Waals surface area contributed by atoms with Gasteiger partial charge in [-0.25, -0.2) is 8.78 Å². The molecule has 3 heterocycles. The molecule has 1 aromatic carbocycles. The van der Waals surface area contributed by atoms with E-state index in [-0.39, 0.29) is 11.3 Å². The molecule has 2 aliphatic heterocycles. The van der Waals surface area contributed by atoms with Crippen LogP contribution in [0.5, 0.6) is 5.75 Å². The van der Waals surface area contributed by atoms with E-state index in [0.29, 0.717) is 25.1 Å². The molecule has 0 fully saturated rings. The van der Waals surface area contributed by atoms with Gasteiger partial charge in [-0.05, 0) is 38.0 Å². The number of aromatic hydroxyl groups is 1. The molecule has 2 aromatic rings. The van der Waals surface area contributed by atoms with Crippen molar-refractivity contribution in [3.8, 4) is 5.75 Å². The second kappa shape index (κ2) is 7.33. The van der Waals surface area contributed by atoms with Gasteiger partial charge < -0.3 is 19.9 Å². The van der Waals surface area contributed by atoms with Crippen LogP contribution < -0.4 is 10.7 Å². The summed E-state index contributed by atoms with van der Waals surface area (Å²) in [7, 11) is 0. The van der Waals surface area contributed by atoms with E-state index >= 15 is 0 Å². The number of carbonyl (C=O) groups excluding carboxylic acids is 2. The van der Waals surface area contributed by atoms with Crippen molar-refractivity contribution in [1.82, 2.24) is 14.8 Å². The summed E-state index contributed by atoms with van der Waals surface area (Å²) in [6.45, 7) is 3.61. The van der Waals surface area contributed by atoms with Crippen molar-refractivity contribution in [3.63, 3.8) is 0 Å². The fraction of sp³-hybridized carbons (Fsp3) is 0.318. The molecule has 2 N–H and O–H groups in total. The summed E-state index contributed by atoms with van der Waals surface area (Å²) in [5, 5.41) is 12.8. The SMILES string of the molecule is Cc1cc(F)c(CNC(=O)c2cn3c(c(O)c2=O)C(=O)N2CC=CC[C@@]3(C)C2)c(F)c1. The van der Waals surface area contributed by atoms with Crippen LogP contribution in [0.4, 0.5) is 8.78 Å². The van der Waals surface area contributed by atoms with Gasteiger partial charge in [0.25, 0.3) is 11.8 Å². The molecule has 1 aromatic heterocycles. The second-order valence-corrected chi connectivity index (χ2v) is 8.19. The van der Waals surface area contributed by atoms with Crippen LogP contribution in [-0.4, -0.2) is 39.5 Å². The van der Waals surface area contributed by atoms with E-state index in [1.807, 2.05) is 19.1 Å². The number of fused-ring (bicyclic) bond motifs is 4. The highest BCUT2D eigenvalue weighted by atomic mass is 19.1. The van der Waals surface area contributed by atoms with Crippen LogP contribution in [0.3, 0.4) is 0 Å². The Hall–Kier alpha value is -3.49. The van der Waals surface area contributed by atoms with E-state index in [1.54, 1.807) is 0 Å². The number of nitrogens with zero attached hydrogens (tertiary/aromatic N) is 2. The van der Waals surface area contributed by atoms with E-state index in [4.69, 9.17) is 0 Å². The van der Waals surface area contributed by atoms with Gasteiger partial charge in [0.05, 0.1) is 5.54 Å². The van der Waals surface area contributed by atoms with Gasteiger partial charge in [0.1, 0.15) is 17.2 Å². The molecule has 7 nitrogen and oxygen atoms in total. The topological polar surface area (TPSA) is 91.6 Å². The largest absolute Gasteiger partial charge is 0.503 e. The van der Waals surface area contributed by atoms with Crippen LogP contribution in [0.2, 0.25) is 0 Å². The molecule has 4 rings (SSSR count). The van der Waals surface area contributed by atoms with Gasteiger partial charge in [-0.15, -0.1) is 0 Å². The average Bonchev–Trinajstić information content (AvgIpc) is 2.88. The summed E-state index contributed by atoms with van der Waals surface area (Å²) in [5.41, 5.74) is -2.22. The van der Waals surface area contributed by atoms with E-state index in [1.165, 1.54) is 22.6 Å². The average molecular weight is 429 g/mol. The molecule has 0 saturated carbocycles. The summed E-state index contributed by atoms with van der Waals surface area (Å²) >= 11 is 0. The summed E-state index contributed by atoms with van der Waals surface area (Å²) in [6, 6.07) is 2.28. The highest BCUT2D eigenvalue weighted by Gasteiger charge is 2.42. The smallest absolute Gasteiger partial charge is 0.274 e. The molecule has 1 atom stereocenters. The number of halogens is 2. The van der Waals surface area contributed by atoms with Gasteiger partial charge >= 0.3 is 0 Å². The highest BCUT2D eigenvalue weighted by Crippen LogP contribution is 2.34. The van der Waals surface area contributed by atoms with Gasteiger partial charge in [0.2, 0.25) is 5.43 Å². The minimum Gasteiger partial charge on any atom is -0.503 e. The number of rotatable bonds is 3. The normalized spacial score (nSPS) is 19.7. The molecule has 2 aliphatic rings. The lowest BCUT2D eigenvalue weighted by atomic mass is 9.93. The summed E-state index contributed by atoms with van der Waals surface area (Å²) in [4.78, 5) is 39.7. The zero-order valence-electron chi connectivity index (χ0n) is 17.0. The van der Waals surface area contributed by atoms with Crippen molar-refractivity contribution in [2.45, 2.75) is 32.4 Å². The van der Waals surface area contributed by atoms with Crippen molar-refractivity contribution in [1.29, 1.82) is 0 Å². The van der Waals surface area contributed by atoms with E-state index < -0.39 is 52.3 Å². The number of aryl methyl sites for hydroxylation is 1. The van der Waals surface area contributed by atoms with Gasteiger partial charge in [0.15, 0.2) is 11.4 Å². The first kappa shape index (κ1) is 20.8. The number of amides is 2. The van der Waals surface area contributed by atoms with E-state index in [0.717, 1.165) is 12.1 Å². The molecule has 0 spiro atoms. The van der Waals surface area contributed by atoms with Gasteiger partial charge in [-0.1, -0.05) is 12.2 Å². The molecule has 0 aliphatic carbocycles. The van der Waals surface area contributed by atoms with Gasteiger partial charge in [-0.3, -0.25) is 14.4 Å². The summed E-state index contributed by atoms with van der Waals surface area (Å²) in [5.74, 6) is -3.85. The van der Waals surface area contributed by atoms with Crippen LogP contribution in [-0.2, 0) is 12.1 Å². The molecule has 162 valence electrons. The number of benzene rings is 1. The van der Waals surface area contributed by atoms with Crippen molar-refractivity contribution < 1.29 is 23.5 Å². The Morgan fingerprint density at radius 2 is 1.90 bits per heavy atom. The lowest BCUT2D eigenvalue weighted by Gasteiger charge is -2.42. The third-order valence-corrected chi connectivity index (χ3v) is 5.79. The van der Waals surface area contributed by atoms with Crippen molar-refractivity contribution >= 4 is 11.8 Å². The predicted octanol–water partition coefficient (Wildman–Crippen LogP) is 2.20. The maximum atomic E-state index is 14.1. The third-order valence-electron chi connectivity index (χ3n) is 5.79. The number of allylic oxidation sites excluding steroid dienone is 1. The summed E-state index contributed by atoms with van der Waals surface area (Å²) < 4.78 is 29.6. The van der Waals surface area contributed by atoms with Crippen molar-refractivity contribution in [2.75, 3.05) is 13.1 Å². The van der Waals surface area contributed by atoms with Crippen molar-refractivity contribution in [3.05, 3.63) is 74.7 Å². The standard InChI is InChI=1S/C22H21F2N3O4/c1-12-7-15(23)13(16(24)8-12)9-25-20(30)14-10-27-17(19(29)18(14)28)21(31)26-6-4-3-5-22(27,2)11-26/h3-4,7-8,10,29H,5-6,9,11H2,1-2H3,(H,25,30)/t22-/m0/s1. The number of hydrogen-bond donors (Lipinski definition) is 2. The van der Waals surface area contributed by atoms with Crippen molar-refractivity contribution in [2.24, 2.45) is 0 Å². The Morgan fingerprint density at radius 1 is 1.23 bits per heavy atom. The Kier molecular flexibility index (Phi) is 4.91. The first-order valence-corrected chi connectivity index (χ1v) is 9.78. The van der Waals surface area contributed by atoms with Gasteiger partial charge in [-0.2, -0.15) is 0 Å². The first-order valence-electron chi connectivity index (χ1n) is 9.78. The lowest BCUT2D eigenvalue weighted by molar-refractivity contribution is 0.0603. The number of nitrogens with one attached hydrogen (secondary N) is 1. The van der Waals surface area contributed by atoms with Crippen LogP contribution in [0.25, 0.3) is 0 Å². The minimum atomic E-state index is -1.02. The zero-order chi connectivity index (χ0) is 22.5. The molecule has 31 heavy (non-hydrogen) atoms. The molecule has 2 bridgehead atoms. The Labute approximate surface area is 176 Å².